The molecule has 0 radical (unpaired) electrons. The van der Waals surface area contributed by atoms with Gasteiger partial charge in [-0.25, -0.2) is 4.39 Å². The molecule has 2 aliphatic rings. The predicted octanol–water partition coefficient (Wildman–Crippen LogP) is 4.37. The number of hydrogen-bond donors (Lipinski definition) is 0. The molecule has 3 aromatic rings. The van der Waals surface area contributed by atoms with E-state index in [-0.39, 0.29) is 23.7 Å². The molecule has 0 unspecified atom stereocenters. The molecule has 5 rings (SSSR count). The lowest BCUT2D eigenvalue weighted by Crippen LogP contribution is -2.46. The van der Waals surface area contributed by atoms with E-state index in [9.17, 15) is 9.18 Å². The second-order valence-corrected chi connectivity index (χ2v) is 8.22. The van der Waals surface area contributed by atoms with Gasteiger partial charge in [-0.2, -0.15) is 4.98 Å². The molecule has 1 aromatic heterocycles. The summed E-state index contributed by atoms with van der Waals surface area (Å²) in [6.45, 7) is 0.584. The van der Waals surface area contributed by atoms with Crippen LogP contribution < -0.4 is 0 Å². The Balaban J connectivity index is 1.39. The van der Waals surface area contributed by atoms with E-state index in [4.69, 9.17) is 4.52 Å². The quantitative estimate of drug-likeness (QED) is 0.645. The van der Waals surface area contributed by atoms with Gasteiger partial charge in [0.25, 0.3) is 11.8 Å². The second-order valence-electron chi connectivity index (χ2n) is 7.16. The summed E-state index contributed by atoms with van der Waals surface area (Å²) in [7, 11) is 0. The molecule has 1 amide bonds. The van der Waals surface area contributed by atoms with Gasteiger partial charge in [0.2, 0.25) is 0 Å². The Hall–Kier alpha value is -2.67. The summed E-state index contributed by atoms with van der Waals surface area (Å²) in [6.07, 6.45) is 1.82. The minimum Gasteiger partial charge on any atom is -0.334 e. The molecular weight excluding hydrogens is 377 g/mol. The zero-order valence-corrected chi connectivity index (χ0v) is 15.9. The third kappa shape index (κ3) is 3.09. The SMILES string of the molecule is O=C1c2ccccc2SC[C@@H]2CC[C@H](c3noc(-c4ccc(F)cc4)n3)CN12. The molecule has 142 valence electrons. The Morgan fingerprint density at radius 2 is 1.93 bits per heavy atom. The number of amides is 1. The molecule has 0 spiro atoms. The summed E-state index contributed by atoms with van der Waals surface area (Å²) in [4.78, 5) is 20.7. The van der Waals surface area contributed by atoms with Gasteiger partial charge in [-0.15, -0.1) is 11.8 Å². The van der Waals surface area contributed by atoms with Crippen LogP contribution in [-0.4, -0.2) is 39.3 Å². The molecular formula is C21H18FN3O2S. The van der Waals surface area contributed by atoms with Crippen molar-refractivity contribution in [3.63, 3.8) is 0 Å². The molecule has 0 saturated carbocycles. The van der Waals surface area contributed by atoms with Crippen LogP contribution in [0, 0.1) is 5.82 Å². The Morgan fingerprint density at radius 3 is 2.79 bits per heavy atom. The van der Waals surface area contributed by atoms with E-state index in [0.29, 0.717) is 23.8 Å². The fraction of sp³-hybridized carbons (Fsp3) is 0.286. The molecule has 3 heterocycles. The number of halogens is 1. The molecule has 28 heavy (non-hydrogen) atoms. The van der Waals surface area contributed by atoms with Gasteiger partial charge >= 0.3 is 0 Å². The number of benzene rings is 2. The number of fused-ring (bicyclic) bond motifs is 2. The number of piperidine rings is 1. The Morgan fingerprint density at radius 1 is 1.11 bits per heavy atom. The van der Waals surface area contributed by atoms with Crippen molar-refractivity contribution in [3.05, 3.63) is 65.7 Å². The van der Waals surface area contributed by atoms with Crippen LogP contribution in [0.2, 0.25) is 0 Å². The highest BCUT2D eigenvalue weighted by Gasteiger charge is 2.37. The largest absolute Gasteiger partial charge is 0.334 e. The van der Waals surface area contributed by atoms with E-state index >= 15 is 0 Å². The Bertz CT molecular complexity index is 1020. The normalized spacial score (nSPS) is 21.8. The van der Waals surface area contributed by atoms with E-state index in [2.05, 4.69) is 10.1 Å². The highest BCUT2D eigenvalue weighted by Crippen LogP contribution is 2.37. The number of nitrogens with zero attached hydrogens (tertiary/aromatic N) is 3. The van der Waals surface area contributed by atoms with Crippen molar-refractivity contribution in [2.24, 2.45) is 0 Å². The zero-order valence-electron chi connectivity index (χ0n) is 15.0. The zero-order chi connectivity index (χ0) is 19.1. The number of aromatic nitrogens is 2. The van der Waals surface area contributed by atoms with Crippen LogP contribution in [0.3, 0.4) is 0 Å². The van der Waals surface area contributed by atoms with Crippen LogP contribution in [0.4, 0.5) is 4.39 Å². The highest BCUT2D eigenvalue weighted by molar-refractivity contribution is 7.99. The molecule has 2 atom stereocenters. The first-order chi connectivity index (χ1) is 13.7. The molecule has 2 aliphatic heterocycles. The van der Waals surface area contributed by atoms with Gasteiger partial charge < -0.3 is 9.42 Å². The van der Waals surface area contributed by atoms with Gasteiger partial charge in [0.15, 0.2) is 5.82 Å². The van der Waals surface area contributed by atoms with Crippen LogP contribution >= 0.6 is 11.8 Å². The van der Waals surface area contributed by atoms with Crippen molar-refractivity contribution in [3.8, 4) is 11.5 Å². The van der Waals surface area contributed by atoms with Crippen molar-refractivity contribution >= 4 is 17.7 Å². The van der Waals surface area contributed by atoms with Crippen LogP contribution in [0.25, 0.3) is 11.5 Å². The van der Waals surface area contributed by atoms with Gasteiger partial charge in [0, 0.05) is 34.7 Å². The number of hydrogen-bond acceptors (Lipinski definition) is 5. The molecule has 2 aromatic carbocycles. The lowest BCUT2D eigenvalue weighted by molar-refractivity contribution is 0.0611. The Kier molecular flexibility index (Phi) is 4.39. The standard InChI is InChI=1S/C21H18FN3O2S/c22-15-8-5-13(6-9-15)20-23-19(24-27-20)14-7-10-16-12-28-18-4-2-1-3-17(18)21(26)25(16)11-14/h1-6,8-9,14,16H,7,10-12H2/t14-,16-/m0/s1. The third-order valence-corrected chi connectivity index (χ3v) is 6.63. The van der Waals surface area contributed by atoms with Crippen LogP contribution in [0.5, 0.6) is 0 Å². The summed E-state index contributed by atoms with van der Waals surface area (Å²) in [6, 6.07) is 14.0. The summed E-state index contributed by atoms with van der Waals surface area (Å²) in [5.74, 6) is 1.70. The first-order valence-electron chi connectivity index (χ1n) is 9.31. The molecule has 0 N–H and O–H groups in total. The average molecular weight is 395 g/mol. The van der Waals surface area contributed by atoms with Crippen molar-refractivity contribution in [1.29, 1.82) is 0 Å². The van der Waals surface area contributed by atoms with Crippen LogP contribution in [0.1, 0.15) is 34.9 Å². The third-order valence-electron chi connectivity index (χ3n) is 5.41. The smallest absolute Gasteiger partial charge is 0.257 e. The van der Waals surface area contributed by atoms with E-state index in [0.717, 1.165) is 29.1 Å². The summed E-state index contributed by atoms with van der Waals surface area (Å²) < 4.78 is 18.5. The Labute approximate surface area is 165 Å². The molecule has 0 aliphatic carbocycles. The maximum Gasteiger partial charge on any atom is 0.257 e. The number of rotatable bonds is 2. The lowest BCUT2D eigenvalue weighted by atomic mass is 9.92. The van der Waals surface area contributed by atoms with Crippen molar-refractivity contribution in [2.75, 3.05) is 12.3 Å². The minimum atomic E-state index is -0.306. The number of thioether (sulfide) groups is 1. The average Bonchev–Trinajstić information content (AvgIpc) is 3.17. The summed E-state index contributed by atoms with van der Waals surface area (Å²) >= 11 is 1.76. The van der Waals surface area contributed by atoms with E-state index < -0.39 is 0 Å². The van der Waals surface area contributed by atoms with Gasteiger partial charge in [0.1, 0.15) is 5.82 Å². The van der Waals surface area contributed by atoms with E-state index in [1.54, 1.807) is 23.9 Å². The van der Waals surface area contributed by atoms with E-state index in [1.807, 2.05) is 29.2 Å². The van der Waals surface area contributed by atoms with Gasteiger partial charge in [-0.1, -0.05) is 17.3 Å². The monoisotopic (exact) mass is 395 g/mol. The number of carbonyl (C=O) groups is 1. The number of carbonyl (C=O) groups excluding carboxylic acids is 1. The fourth-order valence-electron chi connectivity index (χ4n) is 3.88. The summed E-state index contributed by atoms with van der Waals surface area (Å²) in [5, 5.41) is 4.15. The van der Waals surface area contributed by atoms with Crippen molar-refractivity contribution in [2.45, 2.75) is 29.7 Å². The summed E-state index contributed by atoms with van der Waals surface area (Å²) in [5.41, 5.74) is 1.46. The first-order valence-corrected chi connectivity index (χ1v) is 10.3. The maximum atomic E-state index is 13.1. The fourth-order valence-corrected chi connectivity index (χ4v) is 5.08. The molecule has 0 bridgehead atoms. The van der Waals surface area contributed by atoms with Crippen LogP contribution in [0.15, 0.2) is 57.9 Å². The predicted molar refractivity (Wildman–Crippen MR) is 104 cm³/mol. The minimum absolute atomic E-state index is 0.0356. The highest BCUT2D eigenvalue weighted by atomic mass is 32.2. The second kappa shape index (κ2) is 7.05. The maximum absolute atomic E-state index is 13.1. The van der Waals surface area contributed by atoms with Gasteiger partial charge in [-0.3, -0.25) is 4.79 Å². The molecule has 5 nitrogen and oxygen atoms in total. The molecule has 1 saturated heterocycles. The first kappa shape index (κ1) is 17.4. The lowest BCUT2D eigenvalue weighted by Gasteiger charge is -2.37. The molecule has 1 fully saturated rings. The van der Waals surface area contributed by atoms with Crippen LogP contribution in [-0.2, 0) is 0 Å². The van der Waals surface area contributed by atoms with Crippen molar-refractivity contribution < 1.29 is 13.7 Å². The van der Waals surface area contributed by atoms with Gasteiger partial charge in [0.05, 0.1) is 5.56 Å². The van der Waals surface area contributed by atoms with E-state index in [1.165, 1.54) is 12.1 Å². The van der Waals surface area contributed by atoms with Crippen molar-refractivity contribution in [1.82, 2.24) is 15.0 Å². The topological polar surface area (TPSA) is 59.2 Å². The molecule has 7 heteroatoms. The van der Waals surface area contributed by atoms with Gasteiger partial charge in [-0.05, 0) is 49.2 Å².